The summed E-state index contributed by atoms with van der Waals surface area (Å²) < 4.78 is 75.9. The Morgan fingerprint density at radius 2 is 1.45 bits per heavy atom. The molecule has 0 saturated heterocycles. The summed E-state index contributed by atoms with van der Waals surface area (Å²) in [5.74, 6) is -0.0981. The minimum absolute atomic E-state index is 0.0724. The quantitative estimate of drug-likeness (QED) is 0.783. The van der Waals surface area contributed by atoms with Crippen molar-refractivity contribution in [1.82, 2.24) is 9.97 Å². The number of nitrogens with zero attached hydrogens (tertiary/aromatic N) is 1. The van der Waals surface area contributed by atoms with E-state index in [-0.39, 0.29) is 17.5 Å². The van der Waals surface area contributed by atoms with Crippen molar-refractivity contribution >= 4 is 0 Å². The fraction of sp³-hybridized carbons (Fsp3) is 0.250. The molecule has 20 heavy (non-hydrogen) atoms. The Kier molecular flexibility index (Phi) is 3.27. The molecule has 0 fully saturated rings. The number of H-pyrrole nitrogens is 1. The summed E-state index contributed by atoms with van der Waals surface area (Å²) >= 11 is 0. The first-order chi connectivity index (χ1) is 9.07. The molecule has 1 heterocycles. The van der Waals surface area contributed by atoms with Crippen molar-refractivity contribution in [3.63, 3.8) is 0 Å². The van der Waals surface area contributed by atoms with Crippen molar-refractivity contribution in [2.75, 3.05) is 0 Å². The Morgan fingerprint density at radius 1 is 0.950 bits per heavy atom. The molecule has 0 amide bonds. The summed E-state index contributed by atoms with van der Waals surface area (Å²) in [5.41, 5.74) is -2.64. The number of nitrogens with one attached hydrogen (secondary N) is 1. The number of aromatic nitrogens is 2. The molecule has 0 atom stereocenters. The highest BCUT2D eigenvalue weighted by Gasteiger charge is 2.37. The predicted molar refractivity (Wildman–Crippen MR) is 57.6 cm³/mol. The Balaban J connectivity index is 2.63. The van der Waals surface area contributed by atoms with Gasteiger partial charge in [0.25, 0.3) is 0 Å². The van der Waals surface area contributed by atoms with Crippen LogP contribution in [0.2, 0.25) is 0 Å². The molecule has 0 saturated carbocycles. The Morgan fingerprint density at radius 3 is 1.80 bits per heavy atom. The lowest BCUT2D eigenvalue weighted by molar-refractivity contribution is -0.143. The number of alkyl halides is 6. The summed E-state index contributed by atoms with van der Waals surface area (Å²) in [4.78, 5) is 6.17. The lowest BCUT2D eigenvalue weighted by Gasteiger charge is -2.13. The van der Waals surface area contributed by atoms with Crippen molar-refractivity contribution in [2.45, 2.75) is 19.3 Å². The number of hydrogen-bond acceptors (Lipinski definition) is 1. The van der Waals surface area contributed by atoms with Crippen molar-refractivity contribution in [3.8, 4) is 11.4 Å². The molecule has 0 aliphatic carbocycles. The normalized spacial score (nSPS) is 12.8. The van der Waals surface area contributed by atoms with E-state index < -0.39 is 23.5 Å². The highest BCUT2D eigenvalue weighted by molar-refractivity contribution is 5.58. The first kappa shape index (κ1) is 14.4. The van der Waals surface area contributed by atoms with E-state index in [1.165, 1.54) is 6.92 Å². The van der Waals surface area contributed by atoms with Gasteiger partial charge in [0.05, 0.1) is 11.1 Å². The summed E-state index contributed by atoms with van der Waals surface area (Å²) in [6.45, 7) is 1.54. The van der Waals surface area contributed by atoms with E-state index in [9.17, 15) is 26.3 Å². The average Bonchev–Trinajstić information content (AvgIpc) is 2.73. The van der Waals surface area contributed by atoms with E-state index in [0.717, 1.165) is 0 Å². The van der Waals surface area contributed by atoms with Gasteiger partial charge in [-0.1, -0.05) is 0 Å². The summed E-state index contributed by atoms with van der Waals surface area (Å²) in [6.07, 6.45) is -7.33. The first-order valence-corrected chi connectivity index (χ1v) is 5.31. The molecule has 2 rings (SSSR count). The van der Waals surface area contributed by atoms with E-state index >= 15 is 0 Å². The van der Waals surface area contributed by atoms with Crippen LogP contribution in [0.25, 0.3) is 11.4 Å². The van der Waals surface area contributed by atoms with Crippen LogP contribution >= 0.6 is 0 Å². The topological polar surface area (TPSA) is 28.7 Å². The van der Waals surface area contributed by atoms with Gasteiger partial charge in [0.2, 0.25) is 0 Å². The van der Waals surface area contributed by atoms with Crippen LogP contribution in [0, 0.1) is 13.1 Å². The number of aromatic amines is 1. The van der Waals surface area contributed by atoms with E-state index in [4.69, 9.17) is 0 Å². The van der Waals surface area contributed by atoms with Gasteiger partial charge in [-0.3, -0.25) is 0 Å². The minimum Gasteiger partial charge on any atom is -0.341 e. The molecule has 2 nitrogen and oxygen atoms in total. The zero-order valence-corrected chi connectivity index (χ0v) is 9.95. The molecule has 2 aromatic rings. The Bertz CT molecular complexity index is 591. The standard InChI is InChI=1S/C12H7F6N2/c1-6-5-19-10(20-6)7-2-8(11(13,14)15)4-9(3-7)12(16,17)18/h2-4H,1H3,(H,19,20). The van der Waals surface area contributed by atoms with Crippen LogP contribution in [-0.4, -0.2) is 9.97 Å². The van der Waals surface area contributed by atoms with Gasteiger partial charge in [-0.15, -0.1) is 0 Å². The van der Waals surface area contributed by atoms with Gasteiger partial charge in [0.1, 0.15) is 12.0 Å². The highest BCUT2D eigenvalue weighted by Crippen LogP contribution is 2.38. The molecular weight excluding hydrogens is 286 g/mol. The maximum atomic E-state index is 12.7. The van der Waals surface area contributed by atoms with Gasteiger partial charge >= 0.3 is 12.4 Å². The molecular formula is C12H7F6N2. The van der Waals surface area contributed by atoms with Gasteiger partial charge in [-0.2, -0.15) is 26.3 Å². The smallest absolute Gasteiger partial charge is 0.341 e. The molecule has 1 aromatic carbocycles. The lowest BCUT2D eigenvalue weighted by Crippen LogP contribution is -2.11. The van der Waals surface area contributed by atoms with E-state index in [1.54, 1.807) is 0 Å². The van der Waals surface area contributed by atoms with Crippen LogP contribution in [0.4, 0.5) is 26.3 Å². The number of hydrogen-bond donors (Lipinski definition) is 1. The molecule has 8 heteroatoms. The van der Waals surface area contributed by atoms with Crippen LogP contribution in [0.15, 0.2) is 18.2 Å². The van der Waals surface area contributed by atoms with Crippen LogP contribution < -0.4 is 0 Å². The fourth-order valence-electron chi connectivity index (χ4n) is 1.60. The maximum absolute atomic E-state index is 12.7. The molecule has 0 unspecified atom stereocenters. The van der Waals surface area contributed by atoms with Gasteiger partial charge in [0, 0.05) is 11.3 Å². The van der Waals surface area contributed by atoms with Gasteiger partial charge in [-0.05, 0) is 25.1 Å². The van der Waals surface area contributed by atoms with Crippen LogP contribution in [0.1, 0.15) is 16.8 Å². The van der Waals surface area contributed by atoms with E-state index in [0.29, 0.717) is 17.8 Å². The van der Waals surface area contributed by atoms with E-state index in [1.807, 2.05) is 0 Å². The first-order valence-electron chi connectivity index (χ1n) is 5.31. The number of benzene rings is 1. The van der Waals surface area contributed by atoms with Crippen molar-refractivity contribution in [1.29, 1.82) is 0 Å². The van der Waals surface area contributed by atoms with Crippen molar-refractivity contribution in [2.24, 2.45) is 0 Å². The fourth-order valence-corrected chi connectivity index (χ4v) is 1.60. The van der Waals surface area contributed by atoms with Crippen LogP contribution in [0.3, 0.4) is 0 Å². The monoisotopic (exact) mass is 293 g/mol. The molecule has 0 bridgehead atoms. The van der Waals surface area contributed by atoms with Gasteiger partial charge in [-0.25, -0.2) is 4.98 Å². The third-order valence-corrected chi connectivity index (χ3v) is 2.50. The molecule has 1 aromatic heterocycles. The highest BCUT2D eigenvalue weighted by atomic mass is 19.4. The zero-order valence-electron chi connectivity index (χ0n) is 9.95. The lowest BCUT2D eigenvalue weighted by atomic mass is 10.0. The molecule has 1 radical (unpaired) electrons. The SMILES string of the molecule is Cc1[c]nc(-c2cc(C(F)(F)F)cc(C(F)(F)F)c2)[nH]1. The predicted octanol–water partition coefficient (Wildman–Crippen LogP) is 4.22. The van der Waals surface area contributed by atoms with Crippen LogP contribution in [-0.2, 0) is 12.4 Å². The zero-order chi connectivity index (χ0) is 15.1. The molecule has 0 aliphatic heterocycles. The summed E-state index contributed by atoms with van der Waals surface area (Å²) in [7, 11) is 0. The maximum Gasteiger partial charge on any atom is 0.416 e. The van der Waals surface area contributed by atoms with Gasteiger partial charge < -0.3 is 4.98 Å². The number of halogens is 6. The van der Waals surface area contributed by atoms with Crippen LogP contribution in [0.5, 0.6) is 0 Å². The Labute approximate surface area is 109 Å². The third kappa shape index (κ3) is 2.94. The molecule has 1 N–H and O–H groups in total. The molecule has 0 spiro atoms. The number of rotatable bonds is 1. The summed E-state index contributed by atoms with van der Waals surface area (Å²) in [6, 6.07) is 1.30. The largest absolute Gasteiger partial charge is 0.416 e. The Hall–Kier alpha value is -1.99. The third-order valence-electron chi connectivity index (χ3n) is 2.50. The summed E-state index contributed by atoms with van der Waals surface area (Å²) in [5, 5.41) is 0. The second-order valence-corrected chi connectivity index (χ2v) is 4.12. The van der Waals surface area contributed by atoms with Gasteiger partial charge in [0.15, 0.2) is 0 Å². The molecule has 107 valence electrons. The minimum atomic E-state index is -4.87. The average molecular weight is 293 g/mol. The van der Waals surface area contributed by atoms with E-state index in [2.05, 4.69) is 16.2 Å². The molecule has 0 aliphatic rings. The second-order valence-electron chi connectivity index (χ2n) is 4.12. The second kappa shape index (κ2) is 4.53. The van der Waals surface area contributed by atoms with Crippen molar-refractivity contribution < 1.29 is 26.3 Å². The number of imidazole rings is 1. The number of aryl methyl sites for hydroxylation is 1. The van der Waals surface area contributed by atoms with Crippen molar-refractivity contribution in [3.05, 3.63) is 41.2 Å².